The van der Waals surface area contributed by atoms with Crippen LogP contribution in [-0.4, -0.2) is 23.4 Å². The summed E-state index contributed by atoms with van der Waals surface area (Å²) in [5.74, 6) is -0.471. The average Bonchev–Trinajstić information content (AvgIpc) is 2.82. The predicted octanol–water partition coefficient (Wildman–Crippen LogP) is 8.01. The van der Waals surface area contributed by atoms with Gasteiger partial charge in [-0.05, 0) is 71.7 Å². The van der Waals surface area contributed by atoms with Crippen molar-refractivity contribution in [1.82, 2.24) is 0 Å². The summed E-state index contributed by atoms with van der Waals surface area (Å²) < 4.78 is 0. The molecule has 3 aromatic carbocycles. The Balaban J connectivity index is 2.06. The summed E-state index contributed by atoms with van der Waals surface area (Å²) >= 11 is 0. The molecule has 0 spiro atoms. The molecule has 0 amide bonds. The molecule has 4 heteroatoms. The van der Waals surface area contributed by atoms with Gasteiger partial charge in [0, 0.05) is 23.4 Å². The quantitative estimate of drug-likeness (QED) is 0.239. The zero-order chi connectivity index (χ0) is 26.5. The Morgan fingerprint density at radius 1 is 0.944 bits per heavy atom. The number of benzene rings is 3. The Morgan fingerprint density at radius 2 is 1.58 bits per heavy atom. The minimum absolute atomic E-state index is 0.0927. The fourth-order valence-electron chi connectivity index (χ4n) is 4.02. The highest BCUT2D eigenvalue weighted by Crippen LogP contribution is 2.39. The molecule has 0 aromatic heterocycles. The van der Waals surface area contributed by atoms with Gasteiger partial charge >= 0.3 is 5.97 Å². The van der Waals surface area contributed by atoms with E-state index in [9.17, 15) is 9.59 Å². The highest BCUT2D eigenvalue weighted by molar-refractivity contribution is 6.08. The van der Waals surface area contributed by atoms with Crippen molar-refractivity contribution in [1.29, 1.82) is 0 Å². The molecule has 36 heavy (non-hydrogen) atoms. The number of anilines is 1. The van der Waals surface area contributed by atoms with Crippen LogP contribution in [0.2, 0.25) is 0 Å². The fraction of sp³-hybridized carbons (Fsp3) is 0.312. The first-order valence-electron chi connectivity index (χ1n) is 12.5. The summed E-state index contributed by atoms with van der Waals surface area (Å²) in [4.78, 5) is 24.4. The number of hydrogen-bond donors (Lipinski definition) is 2. The van der Waals surface area contributed by atoms with Gasteiger partial charge in [-0.15, -0.1) is 0 Å². The van der Waals surface area contributed by atoms with Crippen molar-refractivity contribution in [2.24, 2.45) is 5.92 Å². The highest BCUT2D eigenvalue weighted by Gasteiger charge is 2.23. The van der Waals surface area contributed by atoms with Crippen LogP contribution in [0.3, 0.4) is 0 Å². The van der Waals surface area contributed by atoms with E-state index in [0.29, 0.717) is 11.5 Å². The number of ketones is 1. The van der Waals surface area contributed by atoms with Crippen molar-refractivity contribution in [2.45, 2.75) is 53.4 Å². The largest absolute Gasteiger partial charge is 0.478 e. The molecule has 0 atom stereocenters. The van der Waals surface area contributed by atoms with Crippen molar-refractivity contribution in [3.8, 4) is 11.1 Å². The summed E-state index contributed by atoms with van der Waals surface area (Å²) in [6.07, 6.45) is 4.34. The molecule has 0 heterocycles. The van der Waals surface area contributed by atoms with Gasteiger partial charge in [-0.2, -0.15) is 0 Å². The van der Waals surface area contributed by atoms with Gasteiger partial charge in [-0.1, -0.05) is 82.7 Å². The van der Waals surface area contributed by atoms with Crippen molar-refractivity contribution in [2.75, 3.05) is 11.9 Å². The monoisotopic (exact) mass is 483 g/mol. The number of rotatable bonds is 9. The summed E-state index contributed by atoms with van der Waals surface area (Å²) in [7, 11) is 0. The molecule has 0 saturated heterocycles. The number of allylic oxidation sites excluding steroid dienone is 1. The zero-order valence-electron chi connectivity index (χ0n) is 22.2. The van der Waals surface area contributed by atoms with E-state index >= 15 is 0 Å². The van der Waals surface area contributed by atoms with E-state index in [0.717, 1.165) is 40.9 Å². The van der Waals surface area contributed by atoms with Gasteiger partial charge in [-0.25, -0.2) is 4.79 Å². The molecular formula is C32H37NO3. The zero-order valence-corrected chi connectivity index (χ0v) is 22.2. The Kier molecular flexibility index (Phi) is 8.52. The highest BCUT2D eigenvalue weighted by atomic mass is 16.4. The molecule has 188 valence electrons. The second-order valence-corrected chi connectivity index (χ2v) is 10.8. The standard InChI is InChI=1S/C32H37NO3/c1-21(2)17-18-33-30-27(24-12-7-22(3)8-13-24)19-26(20-28(30)32(4,5)6)29(34)16-11-23-9-14-25(15-10-23)31(35)36/h7-16,19-21,33H,17-18H2,1-6H3,(H,35,36). The summed E-state index contributed by atoms with van der Waals surface area (Å²) in [5.41, 5.74) is 6.91. The molecule has 0 aliphatic carbocycles. The number of aryl methyl sites for hydroxylation is 1. The van der Waals surface area contributed by atoms with E-state index in [-0.39, 0.29) is 16.8 Å². The molecule has 0 aliphatic rings. The third kappa shape index (κ3) is 6.94. The molecule has 0 radical (unpaired) electrons. The lowest BCUT2D eigenvalue weighted by atomic mass is 9.81. The van der Waals surface area contributed by atoms with E-state index in [4.69, 9.17) is 5.11 Å². The van der Waals surface area contributed by atoms with Crippen LogP contribution in [0, 0.1) is 12.8 Å². The van der Waals surface area contributed by atoms with E-state index < -0.39 is 5.97 Å². The molecule has 0 fully saturated rings. The van der Waals surface area contributed by atoms with Gasteiger partial charge in [0.15, 0.2) is 5.78 Å². The molecule has 4 nitrogen and oxygen atoms in total. The molecular weight excluding hydrogens is 446 g/mol. The number of nitrogens with one attached hydrogen (secondary N) is 1. The first kappa shape index (κ1) is 26.9. The lowest BCUT2D eigenvalue weighted by Gasteiger charge is -2.27. The Morgan fingerprint density at radius 3 is 2.14 bits per heavy atom. The number of hydrogen-bond acceptors (Lipinski definition) is 3. The SMILES string of the molecule is Cc1ccc(-c2cc(C(=O)C=Cc3ccc(C(=O)O)cc3)cc(C(C)(C)C)c2NCCC(C)C)cc1. The minimum Gasteiger partial charge on any atom is -0.478 e. The van der Waals surface area contributed by atoms with Gasteiger partial charge in [-0.3, -0.25) is 4.79 Å². The maximum Gasteiger partial charge on any atom is 0.335 e. The van der Waals surface area contributed by atoms with Crippen molar-refractivity contribution >= 4 is 23.5 Å². The Labute approximate surface area is 215 Å². The van der Waals surface area contributed by atoms with E-state index in [1.165, 1.54) is 17.7 Å². The summed E-state index contributed by atoms with van der Waals surface area (Å²) in [6, 6.07) is 18.9. The van der Waals surface area contributed by atoms with Crippen LogP contribution < -0.4 is 5.32 Å². The van der Waals surface area contributed by atoms with Gasteiger partial charge in [0.2, 0.25) is 0 Å². The van der Waals surface area contributed by atoms with Gasteiger partial charge in [0.1, 0.15) is 0 Å². The number of carbonyl (C=O) groups excluding carboxylic acids is 1. The predicted molar refractivity (Wildman–Crippen MR) is 150 cm³/mol. The molecule has 3 aromatic rings. The van der Waals surface area contributed by atoms with Crippen molar-refractivity contribution in [3.05, 3.63) is 94.6 Å². The van der Waals surface area contributed by atoms with Gasteiger partial charge in [0.25, 0.3) is 0 Å². The number of carbonyl (C=O) groups is 2. The number of aromatic carboxylic acids is 1. The lowest BCUT2D eigenvalue weighted by molar-refractivity contribution is 0.0696. The van der Waals surface area contributed by atoms with Crippen LogP contribution in [0.4, 0.5) is 5.69 Å². The maximum absolute atomic E-state index is 13.3. The second-order valence-electron chi connectivity index (χ2n) is 10.8. The van der Waals surface area contributed by atoms with E-state index in [1.54, 1.807) is 24.3 Å². The molecule has 2 N–H and O–H groups in total. The third-order valence-corrected chi connectivity index (χ3v) is 6.20. The maximum atomic E-state index is 13.3. The third-order valence-electron chi connectivity index (χ3n) is 6.20. The Bertz CT molecular complexity index is 1240. The van der Waals surface area contributed by atoms with Crippen LogP contribution in [0.5, 0.6) is 0 Å². The fourth-order valence-corrected chi connectivity index (χ4v) is 4.02. The van der Waals surface area contributed by atoms with Crippen LogP contribution in [0.25, 0.3) is 17.2 Å². The van der Waals surface area contributed by atoms with Crippen LogP contribution >= 0.6 is 0 Å². The van der Waals surface area contributed by atoms with E-state index in [2.05, 4.69) is 71.1 Å². The van der Waals surface area contributed by atoms with Crippen LogP contribution in [0.15, 0.2) is 66.7 Å². The molecule has 3 rings (SSSR count). The van der Waals surface area contributed by atoms with Crippen LogP contribution in [-0.2, 0) is 5.41 Å². The molecule has 0 saturated carbocycles. The smallest absolute Gasteiger partial charge is 0.335 e. The number of carboxylic acids is 1. The summed E-state index contributed by atoms with van der Waals surface area (Å²) in [6.45, 7) is 13.9. The topological polar surface area (TPSA) is 66.4 Å². The normalized spacial score (nSPS) is 11.8. The molecule has 0 bridgehead atoms. The van der Waals surface area contributed by atoms with Crippen molar-refractivity contribution in [3.63, 3.8) is 0 Å². The first-order valence-corrected chi connectivity index (χ1v) is 12.5. The molecule has 0 aliphatic heterocycles. The first-order chi connectivity index (χ1) is 17.0. The average molecular weight is 484 g/mol. The molecule has 0 unspecified atom stereocenters. The van der Waals surface area contributed by atoms with Gasteiger partial charge < -0.3 is 10.4 Å². The summed E-state index contributed by atoms with van der Waals surface area (Å²) in [5, 5.41) is 12.8. The lowest BCUT2D eigenvalue weighted by Crippen LogP contribution is -2.18. The minimum atomic E-state index is -0.970. The number of carboxylic acid groups (broad SMARTS) is 1. The van der Waals surface area contributed by atoms with Crippen LogP contribution in [0.1, 0.15) is 78.4 Å². The second kappa shape index (κ2) is 11.4. The van der Waals surface area contributed by atoms with E-state index in [1.807, 2.05) is 12.1 Å². The van der Waals surface area contributed by atoms with Gasteiger partial charge in [0.05, 0.1) is 5.56 Å². The Hall–Kier alpha value is -3.66. The van der Waals surface area contributed by atoms with Crippen molar-refractivity contribution < 1.29 is 14.7 Å².